The molecule has 0 amide bonds. The lowest BCUT2D eigenvalue weighted by Crippen LogP contribution is -2.06. The van der Waals surface area contributed by atoms with Gasteiger partial charge in [0.25, 0.3) is 0 Å². The highest BCUT2D eigenvalue weighted by molar-refractivity contribution is 4.57. The molecular formula is C9H20O2. The first-order valence-corrected chi connectivity index (χ1v) is 4.56. The lowest BCUT2D eigenvalue weighted by Gasteiger charge is -2.11. The topological polar surface area (TPSA) is 40.5 Å². The van der Waals surface area contributed by atoms with Gasteiger partial charge in [0.1, 0.15) is 0 Å². The van der Waals surface area contributed by atoms with Crippen LogP contribution < -0.4 is 0 Å². The van der Waals surface area contributed by atoms with Crippen LogP contribution in [0.4, 0.5) is 0 Å². The maximum atomic E-state index is 8.90. The third kappa shape index (κ3) is 6.32. The third-order valence-corrected chi connectivity index (χ3v) is 1.99. The summed E-state index contributed by atoms with van der Waals surface area (Å²) in [5, 5.41) is 17.5. The predicted molar refractivity (Wildman–Crippen MR) is 46.4 cm³/mol. The van der Waals surface area contributed by atoms with E-state index >= 15 is 0 Å². The average Bonchev–Trinajstić information content (AvgIpc) is 2.05. The van der Waals surface area contributed by atoms with Gasteiger partial charge in [0, 0.05) is 13.2 Å². The smallest absolute Gasteiger partial charge is 0.0459 e. The molecule has 0 aliphatic carbocycles. The minimum atomic E-state index is 0.253. The molecule has 0 aromatic heterocycles. The summed E-state index contributed by atoms with van der Waals surface area (Å²) in [6.45, 7) is 2.68. The maximum Gasteiger partial charge on any atom is 0.0459 e. The Labute approximate surface area is 69.2 Å². The maximum absolute atomic E-state index is 8.90. The Bertz CT molecular complexity index is 66.0. The van der Waals surface area contributed by atoms with E-state index in [1.807, 2.05) is 0 Å². The van der Waals surface area contributed by atoms with Crippen molar-refractivity contribution in [2.75, 3.05) is 13.2 Å². The summed E-state index contributed by atoms with van der Waals surface area (Å²) >= 11 is 0. The van der Waals surface area contributed by atoms with Crippen LogP contribution in [-0.2, 0) is 0 Å². The van der Waals surface area contributed by atoms with Crippen LogP contribution in [0.25, 0.3) is 0 Å². The Hall–Kier alpha value is -0.0800. The highest BCUT2D eigenvalue weighted by Gasteiger charge is 2.05. The van der Waals surface area contributed by atoms with Crippen molar-refractivity contribution in [3.63, 3.8) is 0 Å². The molecule has 0 radical (unpaired) electrons. The lowest BCUT2D eigenvalue weighted by molar-refractivity contribution is 0.192. The Kier molecular flexibility index (Phi) is 7.96. The Balaban J connectivity index is 3.25. The summed E-state index contributed by atoms with van der Waals surface area (Å²) in [5.74, 6) is 0.419. The van der Waals surface area contributed by atoms with E-state index in [-0.39, 0.29) is 13.2 Å². The fraction of sp³-hybridized carbons (Fsp3) is 1.00. The van der Waals surface area contributed by atoms with Crippen LogP contribution in [0, 0.1) is 5.92 Å². The van der Waals surface area contributed by atoms with Crippen LogP contribution in [-0.4, -0.2) is 23.4 Å². The van der Waals surface area contributed by atoms with Gasteiger partial charge in [-0.05, 0) is 25.2 Å². The van der Waals surface area contributed by atoms with E-state index in [1.165, 1.54) is 12.8 Å². The second kappa shape index (κ2) is 8.02. The zero-order chi connectivity index (χ0) is 8.53. The van der Waals surface area contributed by atoms with E-state index in [0.29, 0.717) is 5.92 Å². The van der Waals surface area contributed by atoms with Crippen molar-refractivity contribution in [2.24, 2.45) is 5.92 Å². The van der Waals surface area contributed by atoms with Gasteiger partial charge in [-0.3, -0.25) is 0 Å². The molecule has 0 aliphatic heterocycles. The SMILES string of the molecule is CCCC[C@@H](CO)CCCO. The zero-order valence-corrected chi connectivity index (χ0v) is 7.42. The van der Waals surface area contributed by atoms with Crippen molar-refractivity contribution in [1.82, 2.24) is 0 Å². The van der Waals surface area contributed by atoms with Gasteiger partial charge in [0.05, 0.1) is 0 Å². The molecule has 2 heteroatoms. The predicted octanol–water partition coefficient (Wildman–Crippen LogP) is 1.56. The lowest BCUT2D eigenvalue weighted by atomic mass is 9.98. The quantitative estimate of drug-likeness (QED) is 0.593. The van der Waals surface area contributed by atoms with Gasteiger partial charge in [-0.1, -0.05) is 19.8 Å². The number of unbranched alkanes of at least 4 members (excludes halogenated alkanes) is 1. The average molecular weight is 160 g/mol. The van der Waals surface area contributed by atoms with Crippen molar-refractivity contribution in [3.8, 4) is 0 Å². The minimum Gasteiger partial charge on any atom is -0.396 e. The monoisotopic (exact) mass is 160 g/mol. The van der Waals surface area contributed by atoms with E-state index in [1.54, 1.807) is 0 Å². The highest BCUT2D eigenvalue weighted by atomic mass is 16.3. The molecule has 11 heavy (non-hydrogen) atoms. The first-order valence-electron chi connectivity index (χ1n) is 4.56. The summed E-state index contributed by atoms with van der Waals surface area (Å²) in [7, 11) is 0. The Morgan fingerprint density at radius 2 is 1.73 bits per heavy atom. The van der Waals surface area contributed by atoms with E-state index in [4.69, 9.17) is 10.2 Å². The van der Waals surface area contributed by atoms with Crippen LogP contribution in [0.15, 0.2) is 0 Å². The molecular weight excluding hydrogens is 140 g/mol. The van der Waals surface area contributed by atoms with Gasteiger partial charge < -0.3 is 10.2 Å². The van der Waals surface area contributed by atoms with Crippen LogP contribution in [0.2, 0.25) is 0 Å². The van der Waals surface area contributed by atoms with Gasteiger partial charge >= 0.3 is 0 Å². The normalized spacial score (nSPS) is 13.4. The third-order valence-electron chi connectivity index (χ3n) is 1.99. The molecule has 0 aliphatic rings. The molecule has 0 bridgehead atoms. The van der Waals surface area contributed by atoms with Gasteiger partial charge in [0.2, 0.25) is 0 Å². The largest absolute Gasteiger partial charge is 0.396 e. The summed E-state index contributed by atoms with van der Waals surface area (Å²) in [6.07, 6.45) is 5.28. The molecule has 68 valence electrons. The number of hydrogen-bond acceptors (Lipinski definition) is 2. The van der Waals surface area contributed by atoms with Gasteiger partial charge in [-0.2, -0.15) is 0 Å². The van der Waals surface area contributed by atoms with Crippen molar-refractivity contribution < 1.29 is 10.2 Å². The van der Waals surface area contributed by atoms with E-state index in [2.05, 4.69) is 6.92 Å². The molecule has 0 saturated carbocycles. The number of hydrogen-bond donors (Lipinski definition) is 2. The van der Waals surface area contributed by atoms with Gasteiger partial charge in [-0.25, -0.2) is 0 Å². The van der Waals surface area contributed by atoms with Crippen molar-refractivity contribution in [2.45, 2.75) is 39.0 Å². The first kappa shape index (κ1) is 10.9. The van der Waals surface area contributed by atoms with Crippen molar-refractivity contribution in [1.29, 1.82) is 0 Å². The van der Waals surface area contributed by atoms with Crippen molar-refractivity contribution >= 4 is 0 Å². The number of rotatable bonds is 7. The standard InChI is InChI=1S/C9H20O2/c1-2-3-5-9(8-11)6-4-7-10/h9-11H,2-8H2,1H3/t9-/m1/s1. The molecule has 0 unspecified atom stereocenters. The molecule has 0 fully saturated rings. The first-order chi connectivity index (χ1) is 5.35. The Morgan fingerprint density at radius 3 is 2.18 bits per heavy atom. The number of aliphatic hydroxyl groups is 2. The fourth-order valence-electron chi connectivity index (χ4n) is 1.20. The van der Waals surface area contributed by atoms with Crippen LogP contribution in [0.5, 0.6) is 0 Å². The van der Waals surface area contributed by atoms with Gasteiger partial charge in [0.15, 0.2) is 0 Å². The number of aliphatic hydroxyl groups excluding tert-OH is 2. The van der Waals surface area contributed by atoms with Crippen molar-refractivity contribution in [3.05, 3.63) is 0 Å². The summed E-state index contributed by atoms with van der Waals surface area (Å²) in [5.41, 5.74) is 0. The van der Waals surface area contributed by atoms with E-state index in [0.717, 1.165) is 19.3 Å². The summed E-state index contributed by atoms with van der Waals surface area (Å²) < 4.78 is 0. The Morgan fingerprint density at radius 1 is 1.09 bits per heavy atom. The van der Waals surface area contributed by atoms with Gasteiger partial charge in [-0.15, -0.1) is 0 Å². The fourth-order valence-corrected chi connectivity index (χ4v) is 1.20. The zero-order valence-electron chi connectivity index (χ0n) is 7.42. The van der Waals surface area contributed by atoms with E-state index < -0.39 is 0 Å². The van der Waals surface area contributed by atoms with Crippen LogP contribution >= 0.6 is 0 Å². The van der Waals surface area contributed by atoms with E-state index in [9.17, 15) is 0 Å². The molecule has 0 heterocycles. The second-order valence-electron chi connectivity index (χ2n) is 3.06. The molecule has 0 aromatic carbocycles. The molecule has 0 saturated heterocycles. The van der Waals surface area contributed by atoms with Crippen LogP contribution in [0.1, 0.15) is 39.0 Å². The molecule has 0 spiro atoms. The molecule has 2 nitrogen and oxygen atoms in total. The molecule has 0 rings (SSSR count). The van der Waals surface area contributed by atoms with Crippen LogP contribution in [0.3, 0.4) is 0 Å². The second-order valence-corrected chi connectivity index (χ2v) is 3.06. The summed E-state index contributed by atoms with van der Waals surface area (Å²) in [6, 6.07) is 0. The minimum absolute atomic E-state index is 0.253. The highest BCUT2D eigenvalue weighted by Crippen LogP contribution is 2.13. The molecule has 1 atom stereocenters. The molecule has 2 N–H and O–H groups in total. The summed E-state index contributed by atoms with van der Waals surface area (Å²) in [4.78, 5) is 0. The molecule has 0 aromatic rings.